The van der Waals surface area contributed by atoms with Crippen molar-refractivity contribution in [3.05, 3.63) is 249 Å². The number of rotatable bonds is 4. The second-order valence-corrected chi connectivity index (χ2v) is 16.5. The van der Waals surface area contributed by atoms with Gasteiger partial charge in [0.2, 0.25) is 0 Å². The first-order chi connectivity index (χ1) is 29.7. The highest BCUT2D eigenvalue weighted by Crippen LogP contribution is 2.22. The van der Waals surface area contributed by atoms with Gasteiger partial charge in [-0.3, -0.25) is 0 Å². The highest BCUT2D eigenvalue weighted by molar-refractivity contribution is 9.10. The lowest BCUT2D eigenvalue weighted by Gasteiger charge is -2.04. The molecule has 0 aromatic heterocycles. The van der Waals surface area contributed by atoms with E-state index in [1.807, 2.05) is 80.6 Å². The minimum atomic E-state index is -1.35. The molecule has 8 rings (SSSR count). The molecule has 332 valence electrons. The second kappa shape index (κ2) is 31.5. The fraction of sp³-hybridized carbons (Fsp3) is 0.143. The van der Waals surface area contributed by atoms with Crippen LogP contribution in [0.15, 0.2) is 215 Å². The van der Waals surface area contributed by atoms with E-state index in [1.165, 1.54) is 44.5 Å². The van der Waals surface area contributed by atoms with Crippen LogP contribution in [0.4, 0.5) is 0 Å². The predicted octanol–water partition coefficient (Wildman–Crippen LogP) is 13.5. The SMILES string of the molecule is Brc1ccccc1.C.C.Cc1cc(C)cc(-c2ccccc2)c1.Cc1cc(C)cc(B(O)O)c1.Cc1ccc(-c2ccccc2)cc1.Cc1ccc(Br)cc1.OB(O)c1ccccc1. The van der Waals surface area contributed by atoms with E-state index < -0.39 is 14.2 Å². The van der Waals surface area contributed by atoms with Gasteiger partial charge in [-0.05, 0) is 99.0 Å². The Labute approximate surface area is 401 Å². The summed E-state index contributed by atoms with van der Waals surface area (Å²) < 4.78 is 2.28. The van der Waals surface area contributed by atoms with Crippen LogP contribution < -0.4 is 10.9 Å². The van der Waals surface area contributed by atoms with Crippen LogP contribution in [0, 0.1) is 41.5 Å². The lowest BCUT2D eigenvalue weighted by Crippen LogP contribution is -2.30. The van der Waals surface area contributed by atoms with Crippen molar-refractivity contribution in [2.45, 2.75) is 56.4 Å². The van der Waals surface area contributed by atoms with Crippen molar-refractivity contribution < 1.29 is 20.1 Å². The minimum Gasteiger partial charge on any atom is -0.423 e. The number of benzene rings is 8. The molecule has 0 heterocycles. The standard InChI is InChI=1S/C14H14.C13H12.C8H11BO2.C7H7Br.C6H7BO2.C6H5Br.2CH4/c1-11-8-12(2)10-14(9-11)13-6-4-3-5-7-13;1-11-7-9-13(10-8-11)12-5-3-2-4-6-12;1-6-3-7(2)5-8(4-6)9(10)11;1-6-2-4-7(8)5-3-6;8-7(9)6-4-2-1-3-5-6;7-6-4-2-1-3-5-6;;/h3-10H,1-2H3;2-10H,1H3;3-5,10-11H,1-2H3;2-5H,1H3;1-5,8-9H;1-5H;2*1H4. The van der Waals surface area contributed by atoms with Crippen LogP contribution in [-0.2, 0) is 0 Å². The van der Waals surface area contributed by atoms with Crippen molar-refractivity contribution in [1.29, 1.82) is 0 Å². The summed E-state index contributed by atoms with van der Waals surface area (Å²) in [7, 11) is -2.69. The first kappa shape index (κ1) is 56.7. The number of halogens is 2. The summed E-state index contributed by atoms with van der Waals surface area (Å²) in [5, 5.41) is 34.8. The fourth-order valence-electron chi connectivity index (χ4n) is 5.88. The van der Waals surface area contributed by atoms with Crippen LogP contribution in [0.5, 0.6) is 0 Å². The summed E-state index contributed by atoms with van der Waals surface area (Å²) >= 11 is 6.66. The molecule has 0 aliphatic rings. The number of hydrogen-bond donors (Lipinski definition) is 4. The van der Waals surface area contributed by atoms with E-state index in [2.05, 4.69) is 163 Å². The van der Waals surface area contributed by atoms with Gasteiger partial charge in [0.25, 0.3) is 0 Å². The summed E-state index contributed by atoms with van der Waals surface area (Å²) in [6.07, 6.45) is 0. The molecular weight excluding hydrogens is 918 g/mol. The Morgan fingerprint density at radius 1 is 0.281 bits per heavy atom. The molecule has 0 aliphatic heterocycles. The summed E-state index contributed by atoms with van der Waals surface area (Å²) in [4.78, 5) is 0. The molecule has 0 atom stereocenters. The topological polar surface area (TPSA) is 80.9 Å². The zero-order valence-corrected chi connectivity index (χ0v) is 39.5. The minimum absolute atomic E-state index is 0. The van der Waals surface area contributed by atoms with Gasteiger partial charge in [-0.25, -0.2) is 0 Å². The third kappa shape index (κ3) is 23.4. The highest BCUT2D eigenvalue weighted by atomic mass is 79.9. The predicted molar refractivity (Wildman–Crippen MR) is 286 cm³/mol. The molecule has 8 heteroatoms. The quantitative estimate of drug-likeness (QED) is 0.132. The van der Waals surface area contributed by atoms with Gasteiger partial charge in [0, 0.05) is 8.95 Å². The molecule has 0 fully saturated rings. The third-order valence-electron chi connectivity index (χ3n) is 8.87. The molecule has 0 radical (unpaired) electrons. The average molecular weight is 983 g/mol. The molecule has 4 nitrogen and oxygen atoms in total. The molecule has 8 aromatic rings. The molecule has 8 aromatic carbocycles. The smallest absolute Gasteiger partial charge is 0.423 e. The normalized spacial score (nSPS) is 9.31. The van der Waals surface area contributed by atoms with E-state index in [9.17, 15) is 0 Å². The van der Waals surface area contributed by atoms with Crippen molar-refractivity contribution in [3.63, 3.8) is 0 Å². The molecule has 64 heavy (non-hydrogen) atoms. The lowest BCUT2D eigenvalue weighted by molar-refractivity contribution is 0.424. The number of aryl methyl sites for hydroxylation is 6. The molecule has 4 N–H and O–H groups in total. The Morgan fingerprint density at radius 2 is 0.578 bits per heavy atom. The van der Waals surface area contributed by atoms with E-state index in [0.717, 1.165) is 20.1 Å². The van der Waals surface area contributed by atoms with E-state index in [1.54, 1.807) is 36.4 Å². The molecule has 0 unspecified atom stereocenters. The van der Waals surface area contributed by atoms with Gasteiger partial charge in [0.15, 0.2) is 0 Å². The van der Waals surface area contributed by atoms with Crippen LogP contribution >= 0.6 is 31.9 Å². The molecule has 0 saturated heterocycles. The third-order valence-corrected chi connectivity index (χ3v) is 9.93. The van der Waals surface area contributed by atoms with Crippen LogP contribution in [-0.4, -0.2) is 34.3 Å². The highest BCUT2D eigenvalue weighted by Gasteiger charge is 2.10. The Morgan fingerprint density at radius 3 is 0.906 bits per heavy atom. The van der Waals surface area contributed by atoms with Gasteiger partial charge in [0.05, 0.1) is 0 Å². The molecule has 0 spiro atoms. The van der Waals surface area contributed by atoms with Crippen LogP contribution in [0.25, 0.3) is 22.3 Å². The monoisotopic (exact) mass is 980 g/mol. The van der Waals surface area contributed by atoms with Crippen molar-refractivity contribution in [3.8, 4) is 22.3 Å². The Bertz CT molecular complexity index is 2350. The Hall–Kier alpha value is -5.31. The molecule has 0 aliphatic carbocycles. The van der Waals surface area contributed by atoms with Gasteiger partial charge in [0.1, 0.15) is 0 Å². The fourth-order valence-corrected chi connectivity index (χ4v) is 6.45. The van der Waals surface area contributed by atoms with Crippen LogP contribution in [0.1, 0.15) is 48.2 Å². The molecular formula is C56H64B2Br2O4. The van der Waals surface area contributed by atoms with E-state index >= 15 is 0 Å². The maximum absolute atomic E-state index is 8.83. The molecule has 0 amide bonds. The molecule has 0 bridgehead atoms. The maximum atomic E-state index is 8.83. The largest absolute Gasteiger partial charge is 0.488 e. The summed E-state index contributed by atoms with van der Waals surface area (Å²) in [6, 6.07) is 68.5. The van der Waals surface area contributed by atoms with Crippen molar-refractivity contribution in [1.82, 2.24) is 0 Å². The van der Waals surface area contributed by atoms with Gasteiger partial charge < -0.3 is 20.1 Å². The van der Waals surface area contributed by atoms with Crippen molar-refractivity contribution in [2.24, 2.45) is 0 Å². The van der Waals surface area contributed by atoms with E-state index in [4.69, 9.17) is 20.1 Å². The van der Waals surface area contributed by atoms with Crippen molar-refractivity contribution >= 4 is 57.0 Å². The van der Waals surface area contributed by atoms with Crippen LogP contribution in [0.3, 0.4) is 0 Å². The summed E-state index contributed by atoms with van der Waals surface area (Å²) in [5.74, 6) is 0. The van der Waals surface area contributed by atoms with E-state index in [0.29, 0.717) is 10.9 Å². The van der Waals surface area contributed by atoms with Gasteiger partial charge >= 0.3 is 14.2 Å². The van der Waals surface area contributed by atoms with Gasteiger partial charge in [-0.15, -0.1) is 0 Å². The summed E-state index contributed by atoms with van der Waals surface area (Å²) in [5.41, 5.74) is 13.6. The van der Waals surface area contributed by atoms with Gasteiger partial charge in [-0.2, -0.15) is 0 Å². The van der Waals surface area contributed by atoms with E-state index in [-0.39, 0.29) is 14.9 Å². The maximum Gasteiger partial charge on any atom is 0.488 e. The first-order valence-corrected chi connectivity index (χ1v) is 21.8. The number of hydrogen-bond acceptors (Lipinski definition) is 4. The molecule has 0 saturated carbocycles. The summed E-state index contributed by atoms with van der Waals surface area (Å²) in [6.45, 7) is 12.3. The Balaban J connectivity index is 0.000000388. The zero-order valence-electron chi connectivity index (χ0n) is 36.3. The average Bonchev–Trinajstić information content (AvgIpc) is 3.27. The van der Waals surface area contributed by atoms with Crippen molar-refractivity contribution in [2.75, 3.05) is 0 Å². The zero-order chi connectivity index (χ0) is 45.3. The van der Waals surface area contributed by atoms with Gasteiger partial charge in [-0.1, -0.05) is 262 Å². The van der Waals surface area contributed by atoms with Crippen LogP contribution in [0.2, 0.25) is 0 Å². The Kier molecular flexibility index (Phi) is 27.9. The first-order valence-electron chi connectivity index (χ1n) is 20.2. The lowest BCUT2D eigenvalue weighted by atomic mass is 9.79. The second-order valence-electron chi connectivity index (χ2n) is 14.6.